The Balaban J connectivity index is 1.68. The van der Waals surface area contributed by atoms with Gasteiger partial charge in [-0.1, -0.05) is 25.1 Å². The fourth-order valence-electron chi connectivity index (χ4n) is 3.06. The minimum atomic E-state index is -4.39. The number of alkyl halides is 3. The number of rotatable bonds is 11. The van der Waals surface area contributed by atoms with Crippen LogP contribution < -0.4 is 9.47 Å². The van der Waals surface area contributed by atoms with E-state index in [1.807, 2.05) is 30.3 Å². The highest BCUT2D eigenvalue weighted by Gasteiger charge is 2.30. The van der Waals surface area contributed by atoms with Gasteiger partial charge in [0, 0.05) is 16.2 Å². The Labute approximate surface area is 200 Å². The zero-order valence-electron chi connectivity index (χ0n) is 18.6. The van der Waals surface area contributed by atoms with E-state index in [-0.39, 0.29) is 6.42 Å². The average Bonchev–Trinajstić information content (AvgIpc) is 2.79. The van der Waals surface area contributed by atoms with Crippen molar-refractivity contribution in [3.8, 4) is 17.2 Å². The van der Waals surface area contributed by atoms with Crippen molar-refractivity contribution in [2.75, 3.05) is 6.61 Å². The molecule has 0 spiro atoms. The predicted molar refractivity (Wildman–Crippen MR) is 125 cm³/mol. The van der Waals surface area contributed by atoms with E-state index in [1.54, 1.807) is 12.1 Å². The maximum Gasteiger partial charge on any atom is 0.416 e. The molecule has 0 heterocycles. The second-order valence-electron chi connectivity index (χ2n) is 7.61. The predicted octanol–water partition coefficient (Wildman–Crippen LogP) is 7.85. The summed E-state index contributed by atoms with van der Waals surface area (Å²) in [5.41, 5.74) is 0.163. The summed E-state index contributed by atoms with van der Waals surface area (Å²) in [5, 5.41) is 9.00. The minimum Gasteiger partial charge on any atom is -0.494 e. The molecule has 3 aromatic rings. The summed E-state index contributed by atoms with van der Waals surface area (Å²) < 4.78 is 49.6. The largest absolute Gasteiger partial charge is 0.494 e. The van der Waals surface area contributed by atoms with E-state index in [0.717, 1.165) is 40.3 Å². The molecule has 4 nitrogen and oxygen atoms in total. The molecule has 8 heteroatoms. The average molecular weight is 491 g/mol. The molecule has 180 valence electrons. The lowest BCUT2D eigenvalue weighted by atomic mass is 10.1. The number of carbonyl (C=O) groups is 1. The van der Waals surface area contributed by atoms with Crippen molar-refractivity contribution in [3.63, 3.8) is 0 Å². The fourth-order valence-corrected chi connectivity index (χ4v) is 3.99. The minimum absolute atomic E-state index is 0.0402. The number of unbranched alkanes of at least 4 members (excludes halogenated alkanes) is 1. The lowest BCUT2D eigenvalue weighted by molar-refractivity contribution is -0.138. The quantitative estimate of drug-likeness (QED) is 0.278. The molecule has 1 N–H and O–H groups in total. The van der Waals surface area contributed by atoms with Crippen LogP contribution in [0.2, 0.25) is 0 Å². The molecule has 0 aliphatic heterocycles. The van der Waals surface area contributed by atoms with E-state index >= 15 is 0 Å². The molecule has 0 unspecified atom stereocenters. The van der Waals surface area contributed by atoms with Gasteiger partial charge in [0.2, 0.25) is 0 Å². The summed E-state index contributed by atoms with van der Waals surface area (Å²) >= 11 is 1.50. The summed E-state index contributed by atoms with van der Waals surface area (Å²) in [6.07, 6.45) is -1.99. The van der Waals surface area contributed by atoms with Crippen molar-refractivity contribution in [1.82, 2.24) is 0 Å². The number of carboxylic acids is 1. The molecule has 3 rings (SSSR count). The van der Waals surface area contributed by atoms with Crippen LogP contribution in [0.4, 0.5) is 13.2 Å². The molecule has 0 atom stereocenters. The van der Waals surface area contributed by atoms with Crippen LogP contribution in [0, 0.1) is 0 Å². The highest BCUT2D eigenvalue weighted by atomic mass is 32.2. The molecule has 0 saturated heterocycles. The summed E-state index contributed by atoms with van der Waals surface area (Å²) in [6, 6.07) is 17.5. The standard InChI is InChI=1S/C26H25F3O4S/c1-2-3-14-32-22-15-18(4-13-25(30)31)16-24(17-22)34-23-11-9-21(10-12-23)33-20-7-5-19(6-8-20)26(27,28)29/h5-12,15-17H,2-4,13-14H2,1H3,(H,30,31). The highest BCUT2D eigenvalue weighted by molar-refractivity contribution is 7.99. The Morgan fingerprint density at radius 2 is 1.56 bits per heavy atom. The molecule has 0 fully saturated rings. The zero-order chi connectivity index (χ0) is 24.6. The first-order chi connectivity index (χ1) is 16.2. The van der Waals surface area contributed by atoms with Gasteiger partial charge in [-0.3, -0.25) is 4.79 Å². The Morgan fingerprint density at radius 1 is 0.912 bits per heavy atom. The summed E-state index contributed by atoms with van der Waals surface area (Å²) in [4.78, 5) is 12.8. The summed E-state index contributed by atoms with van der Waals surface area (Å²) in [6.45, 7) is 2.68. The molecule has 0 amide bonds. The van der Waals surface area contributed by atoms with Crippen LogP contribution in [0.5, 0.6) is 17.2 Å². The second-order valence-corrected chi connectivity index (χ2v) is 8.75. The number of carboxylic acid groups (broad SMARTS) is 1. The number of hydrogen-bond acceptors (Lipinski definition) is 4. The summed E-state index contributed by atoms with van der Waals surface area (Å²) in [7, 11) is 0. The van der Waals surface area contributed by atoms with Crippen molar-refractivity contribution < 1.29 is 32.5 Å². The maximum atomic E-state index is 12.7. The number of aliphatic carboxylic acids is 1. The van der Waals surface area contributed by atoms with Gasteiger partial charge < -0.3 is 14.6 Å². The normalized spacial score (nSPS) is 11.3. The van der Waals surface area contributed by atoms with Crippen LogP contribution in [0.1, 0.15) is 37.3 Å². The molecule has 34 heavy (non-hydrogen) atoms. The maximum absolute atomic E-state index is 12.7. The van der Waals surface area contributed by atoms with Crippen LogP contribution in [0.15, 0.2) is 76.5 Å². The lowest BCUT2D eigenvalue weighted by Crippen LogP contribution is -2.03. The van der Waals surface area contributed by atoms with Crippen molar-refractivity contribution in [2.45, 2.75) is 48.6 Å². The molecule has 0 saturated carbocycles. The van der Waals surface area contributed by atoms with Gasteiger partial charge in [0.25, 0.3) is 0 Å². The zero-order valence-corrected chi connectivity index (χ0v) is 19.4. The first kappa shape index (κ1) is 25.5. The molecule has 0 aliphatic rings. The van der Waals surface area contributed by atoms with Gasteiger partial charge in [0.1, 0.15) is 17.2 Å². The third kappa shape index (κ3) is 8.02. The van der Waals surface area contributed by atoms with Crippen molar-refractivity contribution in [2.24, 2.45) is 0 Å². The third-order valence-corrected chi connectivity index (χ3v) is 5.79. The number of aryl methyl sites for hydroxylation is 1. The Kier molecular flexibility index (Phi) is 8.87. The molecule has 3 aromatic carbocycles. The van der Waals surface area contributed by atoms with Gasteiger partial charge in [0.05, 0.1) is 12.2 Å². The van der Waals surface area contributed by atoms with Crippen LogP contribution in [0.25, 0.3) is 0 Å². The van der Waals surface area contributed by atoms with E-state index in [2.05, 4.69) is 6.92 Å². The molecule has 0 bridgehead atoms. The van der Waals surface area contributed by atoms with Crippen LogP contribution in [-0.2, 0) is 17.4 Å². The SMILES string of the molecule is CCCCOc1cc(CCC(=O)O)cc(Sc2ccc(Oc3ccc(C(F)(F)F)cc3)cc2)c1. The highest BCUT2D eigenvalue weighted by Crippen LogP contribution is 2.34. The van der Waals surface area contributed by atoms with Gasteiger partial charge in [-0.05, 0) is 85.1 Å². The fraction of sp³-hybridized carbons (Fsp3) is 0.269. The molecule has 0 radical (unpaired) electrons. The van der Waals surface area contributed by atoms with E-state index in [0.29, 0.717) is 30.3 Å². The molecule has 0 aromatic heterocycles. The number of hydrogen-bond donors (Lipinski definition) is 1. The number of benzene rings is 3. The van der Waals surface area contributed by atoms with E-state index in [4.69, 9.17) is 14.6 Å². The van der Waals surface area contributed by atoms with Crippen molar-refractivity contribution in [3.05, 3.63) is 77.9 Å². The smallest absolute Gasteiger partial charge is 0.416 e. The molecular formula is C26H25F3O4S. The molecular weight excluding hydrogens is 465 g/mol. The Hall–Kier alpha value is -3.13. The van der Waals surface area contributed by atoms with Gasteiger partial charge in [0.15, 0.2) is 0 Å². The van der Waals surface area contributed by atoms with E-state index in [1.165, 1.54) is 23.9 Å². The van der Waals surface area contributed by atoms with Crippen LogP contribution in [-0.4, -0.2) is 17.7 Å². The third-order valence-electron chi connectivity index (χ3n) is 4.81. The van der Waals surface area contributed by atoms with Gasteiger partial charge in [-0.25, -0.2) is 0 Å². The Bertz CT molecular complexity index is 1080. The van der Waals surface area contributed by atoms with Crippen LogP contribution >= 0.6 is 11.8 Å². The Morgan fingerprint density at radius 3 is 2.15 bits per heavy atom. The number of halogens is 3. The second kappa shape index (κ2) is 11.8. The van der Waals surface area contributed by atoms with E-state index in [9.17, 15) is 18.0 Å². The monoisotopic (exact) mass is 490 g/mol. The van der Waals surface area contributed by atoms with Crippen molar-refractivity contribution >= 4 is 17.7 Å². The molecule has 0 aliphatic carbocycles. The number of ether oxygens (including phenoxy) is 2. The summed E-state index contributed by atoms with van der Waals surface area (Å²) in [5.74, 6) is 0.674. The lowest BCUT2D eigenvalue weighted by Gasteiger charge is -2.12. The van der Waals surface area contributed by atoms with Gasteiger partial charge >= 0.3 is 12.1 Å². The van der Waals surface area contributed by atoms with Crippen molar-refractivity contribution in [1.29, 1.82) is 0 Å². The first-order valence-electron chi connectivity index (χ1n) is 10.8. The van der Waals surface area contributed by atoms with E-state index < -0.39 is 17.7 Å². The van der Waals surface area contributed by atoms with Gasteiger partial charge in [-0.2, -0.15) is 13.2 Å². The van der Waals surface area contributed by atoms with Crippen LogP contribution in [0.3, 0.4) is 0 Å². The first-order valence-corrected chi connectivity index (χ1v) is 11.7. The topological polar surface area (TPSA) is 55.8 Å². The van der Waals surface area contributed by atoms with Gasteiger partial charge in [-0.15, -0.1) is 0 Å².